The second kappa shape index (κ2) is 8.26. The second-order valence-electron chi connectivity index (χ2n) is 6.54. The molecule has 2 rings (SSSR count). The molecule has 2 aliphatic rings. The molecule has 0 aromatic rings. The Balaban J connectivity index is 1.86. The molecule has 2 saturated carbocycles. The van der Waals surface area contributed by atoms with Gasteiger partial charge in [0.25, 0.3) is 0 Å². The lowest BCUT2D eigenvalue weighted by atomic mass is 9.85. The highest BCUT2D eigenvalue weighted by molar-refractivity contribution is 4.82. The van der Waals surface area contributed by atoms with E-state index < -0.39 is 0 Å². The molecule has 0 radical (unpaired) electrons. The molecule has 0 aromatic carbocycles. The van der Waals surface area contributed by atoms with Gasteiger partial charge in [-0.05, 0) is 38.1 Å². The number of hydrogen-bond acceptors (Lipinski definition) is 2. The fourth-order valence-corrected chi connectivity index (χ4v) is 3.92. The number of rotatable bonds is 5. The van der Waals surface area contributed by atoms with Crippen LogP contribution in [0.2, 0.25) is 0 Å². The average molecular weight is 267 g/mol. The fraction of sp³-hybridized carbons (Fsp3) is 1.00. The summed E-state index contributed by atoms with van der Waals surface area (Å²) in [6.07, 6.45) is 14.5. The van der Waals surface area contributed by atoms with Gasteiger partial charge in [0.15, 0.2) is 0 Å². The SMILES string of the molecule is CCNC1CCCCCC1OC1CCCC(CC)C1. The van der Waals surface area contributed by atoms with E-state index in [-0.39, 0.29) is 0 Å². The van der Waals surface area contributed by atoms with E-state index >= 15 is 0 Å². The highest BCUT2D eigenvalue weighted by Crippen LogP contribution is 2.31. The van der Waals surface area contributed by atoms with Crippen molar-refractivity contribution >= 4 is 0 Å². The van der Waals surface area contributed by atoms with Gasteiger partial charge in [0.05, 0.1) is 12.2 Å². The van der Waals surface area contributed by atoms with Gasteiger partial charge in [-0.15, -0.1) is 0 Å². The maximum atomic E-state index is 6.55. The smallest absolute Gasteiger partial charge is 0.0731 e. The minimum atomic E-state index is 0.475. The molecule has 112 valence electrons. The van der Waals surface area contributed by atoms with Crippen molar-refractivity contribution < 1.29 is 4.74 Å². The van der Waals surface area contributed by atoms with Crippen molar-refractivity contribution in [3.8, 4) is 0 Å². The molecule has 0 saturated heterocycles. The van der Waals surface area contributed by atoms with Gasteiger partial charge < -0.3 is 10.1 Å². The fourth-order valence-electron chi connectivity index (χ4n) is 3.92. The Morgan fingerprint density at radius 3 is 2.58 bits per heavy atom. The number of ether oxygens (including phenoxy) is 1. The molecule has 0 amide bonds. The third-order valence-corrected chi connectivity index (χ3v) is 5.10. The zero-order chi connectivity index (χ0) is 13.5. The van der Waals surface area contributed by atoms with Crippen LogP contribution in [0.3, 0.4) is 0 Å². The summed E-state index contributed by atoms with van der Waals surface area (Å²) in [5.74, 6) is 0.919. The first-order valence-corrected chi connectivity index (χ1v) is 8.72. The number of nitrogens with one attached hydrogen (secondary N) is 1. The lowest BCUT2D eigenvalue weighted by Crippen LogP contribution is -2.43. The molecule has 0 bridgehead atoms. The molecule has 4 atom stereocenters. The summed E-state index contributed by atoms with van der Waals surface area (Å²) in [6, 6.07) is 0.606. The molecule has 0 aromatic heterocycles. The molecule has 0 heterocycles. The molecule has 19 heavy (non-hydrogen) atoms. The Bertz CT molecular complexity index is 243. The molecule has 0 spiro atoms. The van der Waals surface area contributed by atoms with Crippen molar-refractivity contribution in [2.45, 2.75) is 96.3 Å². The second-order valence-corrected chi connectivity index (χ2v) is 6.54. The Hall–Kier alpha value is -0.0800. The third kappa shape index (κ3) is 4.75. The maximum absolute atomic E-state index is 6.55. The van der Waals surface area contributed by atoms with Gasteiger partial charge in [0, 0.05) is 6.04 Å². The van der Waals surface area contributed by atoms with Crippen LogP contribution in [0.1, 0.15) is 78.1 Å². The van der Waals surface area contributed by atoms with E-state index in [1.807, 2.05) is 0 Å². The Labute approximate surface area is 119 Å². The van der Waals surface area contributed by atoms with Crippen molar-refractivity contribution in [3.63, 3.8) is 0 Å². The van der Waals surface area contributed by atoms with E-state index in [9.17, 15) is 0 Å². The maximum Gasteiger partial charge on any atom is 0.0731 e. The highest BCUT2D eigenvalue weighted by Gasteiger charge is 2.29. The van der Waals surface area contributed by atoms with Crippen molar-refractivity contribution in [2.24, 2.45) is 5.92 Å². The van der Waals surface area contributed by atoms with E-state index in [0.717, 1.165) is 12.5 Å². The summed E-state index contributed by atoms with van der Waals surface area (Å²) in [7, 11) is 0. The normalized spacial score (nSPS) is 36.9. The van der Waals surface area contributed by atoms with Crippen molar-refractivity contribution in [2.75, 3.05) is 6.54 Å². The minimum absolute atomic E-state index is 0.475. The first-order chi connectivity index (χ1) is 9.33. The van der Waals surface area contributed by atoms with Crippen LogP contribution in [0.4, 0.5) is 0 Å². The monoisotopic (exact) mass is 267 g/mol. The summed E-state index contributed by atoms with van der Waals surface area (Å²) in [6.45, 7) is 5.63. The van der Waals surface area contributed by atoms with Crippen LogP contribution in [0.25, 0.3) is 0 Å². The van der Waals surface area contributed by atoms with E-state index in [1.165, 1.54) is 64.2 Å². The van der Waals surface area contributed by atoms with Crippen LogP contribution < -0.4 is 5.32 Å². The van der Waals surface area contributed by atoms with Crippen LogP contribution in [-0.2, 0) is 4.74 Å². The van der Waals surface area contributed by atoms with Gasteiger partial charge in [-0.25, -0.2) is 0 Å². The molecular formula is C17H33NO. The van der Waals surface area contributed by atoms with Gasteiger partial charge >= 0.3 is 0 Å². The van der Waals surface area contributed by atoms with Crippen LogP contribution in [0.5, 0.6) is 0 Å². The molecule has 2 aliphatic carbocycles. The molecule has 0 aliphatic heterocycles. The van der Waals surface area contributed by atoms with Crippen molar-refractivity contribution in [3.05, 3.63) is 0 Å². The Morgan fingerprint density at radius 2 is 1.79 bits per heavy atom. The predicted octanol–water partition coefficient (Wildman–Crippen LogP) is 4.28. The van der Waals surface area contributed by atoms with Gasteiger partial charge in [-0.2, -0.15) is 0 Å². The Morgan fingerprint density at radius 1 is 0.947 bits per heavy atom. The van der Waals surface area contributed by atoms with E-state index in [1.54, 1.807) is 0 Å². The summed E-state index contributed by atoms with van der Waals surface area (Å²) < 4.78 is 6.55. The number of likely N-dealkylation sites (N-methyl/N-ethyl adjacent to an activating group) is 1. The van der Waals surface area contributed by atoms with E-state index in [2.05, 4.69) is 19.2 Å². The predicted molar refractivity (Wildman–Crippen MR) is 81.5 cm³/mol. The lowest BCUT2D eigenvalue weighted by Gasteiger charge is -2.34. The zero-order valence-corrected chi connectivity index (χ0v) is 13.0. The first kappa shape index (κ1) is 15.3. The molecular weight excluding hydrogens is 234 g/mol. The average Bonchev–Trinajstić information content (AvgIpc) is 2.65. The summed E-state index contributed by atoms with van der Waals surface area (Å²) >= 11 is 0. The molecule has 2 nitrogen and oxygen atoms in total. The van der Waals surface area contributed by atoms with E-state index in [0.29, 0.717) is 18.2 Å². The molecule has 2 heteroatoms. The van der Waals surface area contributed by atoms with Gasteiger partial charge in [-0.1, -0.05) is 52.4 Å². The third-order valence-electron chi connectivity index (χ3n) is 5.10. The summed E-state index contributed by atoms with van der Waals surface area (Å²) in [5.41, 5.74) is 0. The van der Waals surface area contributed by atoms with Crippen LogP contribution >= 0.6 is 0 Å². The molecule has 1 N–H and O–H groups in total. The van der Waals surface area contributed by atoms with Gasteiger partial charge in [0.2, 0.25) is 0 Å². The number of hydrogen-bond donors (Lipinski definition) is 1. The highest BCUT2D eigenvalue weighted by atomic mass is 16.5. The molecule has 4 unspecified atom stereocenters. The largest absolute Gasteiger partial charge is 0.373 e. The first-order valence-electron chi connectivity index (χ1n) is 8.72. The van der Waals surface area contributed by atoms with Crippen molar-refractivity contribution in [1.29, 1.82) is 0 Å². The van der Waals surface area contributed by atoms with Crippen LogP contribution in [0.15, 0.2) is 0 Å². The quantitative estimate of drug-likeness (QED) is 0.751. The Kier molecular flexibility index (Phi) is 6.66. The topological polar surface area (TPSA) is 21.3 Å². The standard InChI is InChI=1S/C17H33NO/c1-3-14-9-8-10-15(13-14)19-17-12-7-5-6-11-16(17)18-4-2/h14-18H,3-13H2,1-2H3. The minimum Gasteiger partial charge on any atom is -0.373 e. The lowest BCUT2D eigenvalue weighted by molar-refractivity contribution is -0.0584. The van der Waals surface area contributed by atoms with Crippen molar-refractivity contribution in [1.82, 2.24) is 5.32 Å². The molecule has 2 fully saturated rings. The van der Waals surface area contributed by atoms with Crippen LogP contribution in [0, 0.1) is 5.92 Å². The zero-order valence-electron chi connectivity index (χ0n) is 13.0. The summed E-state index contributed by atoms with van der Waals surface area (Å²) in [4.78, 5) is 0. The van der Waals surface area contributed by atoms with Crippen LogP contribution in [-0.4, -0.2) is 24.8 Å². The van der Waals surface area contributed by atoms with E-state index in [4.69, 9.17) is 4.74 Å². The van der Waals surface area contributed by atoms with Gasteiger partial charge in [-0.3, -0.25) is 0 Å². The summed E-state index contributed by atoms with van der Waals surface area (Å²) in [5, 5.41) is 3.66. The van der Waals surface area contributed by atoms with Gasteiger partial charge in [0.1, 0.15) is 0 Å².